The molecule has 10 heteroatoms. The fourth-order valence-electron chi connectivity index (χ4n) is 4.97. The van der Waals surface area contributed by atoms with Crippen LogP contribution in [0, 0.1) is 0 Å². The van der Waals surface area contributed by atoms with E-state index in [-0.39, 0.29) is 26.1 Å². The molecule has 0 saturated heterocycles. The molecule has 306 valence electrons. The Morgan fingerprint density at radius 2 is 1.04 bits per heavy atom. The van der Waals surface area contributed by atoms with E-state index < -0.39 is 32.5 Å². The molecule has 0 radical (unpaired) electrons. The van der Waals surface area contributed by atoms with E-state index in [4.69, 9.17) is 18.5 Å². The van der Waals surface area contributed by atoms with Gasteiger partial charge in [0.2, 0.25) is 0 Å². The lowest BCUT2D eigenvalue weighted by Gasteiger charge is -2.28. The van der Waals surface area contributed by atoms with Gasteiger partial charge in [0.05, 0.1) is 27.7 Å². The maximum absolute atomic E-state index is 12.6. The number of hydrogen-bond donors (Lipinski definition) is 0. The Morgan fingerprint density at radius 3 is 1.60 bits per heavy atom. The first-order chi connectivity index (χ1) is 25.5. The Kier molecular flexibility index (Phi) is 33.9. The standard InChI is InChI=1S/C43H76NO8P/c1-6-8-10-12-14-16-18-20-22-24-25-27-29-31-33-35-42(45)49-39-41(40-51-53(47,48)50-38-37-44(3,4)5)52-43(46)36-34-32-30-28-26-23-21-19-17-15-13-11-9-7-2/h13-16,19-22,25,27,41H,6-12,17-18,23-24,26,28-40H2,1-5H3/b15-13-,16-14-,21-19-,22-20-,27-25-/t41-/m1/s1. The minimum absolute atomic E-state index is 0.0424. The molecule has 0 aliphatic heterocycles. The number of allylic oxidation sites excluding steroid dienone is 10. The lowest BCUT2D eigenvalue weighted by Crippen LogP contribution is -2.37. The van der Waals surface area contributed by atoms with Crippen molar-refractivity contribution in [1.29, 1.82) is 0 Å². The monoisotopic (exact) mass is 766 g/mol. The van der Waals surface area contributed by atoms with E-state index in [0.29, 0.717) is 23.9 Å². The van der Waals surface area contributed by atoms with Crippen LogP contribution in [0.3, 0.4) is 0 Å². The summed E-state index contributed by atoms with van der Waals surface area (Å²) < 4.78 is 33.8. The largest absolute Gasteiger partial charge is 0.756 e. The molecule has 0 fully saturated rings. The van der Waals surface area contributed by atoms with Crippen LogP contribution in [0.2, 0.25) is 0 Å². The van der Waals surface area contributed by atoms with E-state index in [9.17, 15) is 19.0 Å². The molecule has 0 aliphatic rings. The normalized spacial score (nSPS) is 14.3. The zero-order valence-electron chi connectivity index (χ0n) is 34.2. The molecule has 0 aliphatic carbocycles. The molecule has 0 saturated carbocycles. The summed E-state index contributed by atoms with van der Waals surface area (Å²) in [6.45, 7) is 4.07. The van der Waals surface area contributed by atoms with E-state index in [2.05, 4.69) is 74.6 Å². The highest BCUT2D eigenvalue weighted by molar-refractivity contribution is 7.45. The van der Waals surface area contributed by atoms with Crippen molar-refractivity contribution in [2.45, 2.75) is 155 Å². The third-order valence-corrected chi connectivity index (χ3v) is 9.22. The van der Waals surface area contributed by atoms with Gasteiger partial charge in [-0.05, 0) is 77.0 Å². The Bertz CT molecular complexity index is 1090. The predicted octanol–water partition coefficient (Wildman–Crippen LogP) is 10.7. The van der Waals surface area contributed by atoms with Crippen LogP contribution in [0.4, 0.5) is 0 Å². The van der Waals surface area contributed by atoms with Gasteiger partial charge in [0, 0.05) is 12.8 Å². The lowest BCUT2D eigenvalue weighted by atomic mass is 10.1. The molecule has 53 heavy (non-hydrogen) atoms. The quantitative estimate of drug-likeness (QED) is 0.0204. The Morgan fingerprint density at radius 1 is 0.585 bits per heavy atom. The van der Waals surface area contributed by atoms with E-state index >= 15 is 0 Å². The van der Waals surface area contributed by atoms with Crippen molar-refractivity contribution in [2.75, 3.05) is 47.5 Å². The number of esters is 2. The molecular formula is C43H76NO8P. The van der Waals surface area contributed by atoms with E-state index in [1.165, 1.54) is 32.1 Å². The van der Waals surface area contributed by atoms with Gasteiger partial charge in [0.15, 0.2) is 6.10 Å². The summed E-state index contributed by atoms with van der Waals surface area (Å²) in [5.74, 6) is -0.903. The number of unbranched alkanes of at least 4 members (excludes halogenated alkanes) is 12. The molecule has 0 heterocycles. The second-order valence-electron chi connectivity index (χ2n) is 14.6. The molecule has 0 rings (SSSR count). The molecule has 0 amide bonds. The second-order valence-corrected chi connectivity index (χ2v) is 16.1. The number of carbonyl (C=O) groups is 2. The van der Waals surface area contributed by atoms with Crippen molar-refractivity contribution >= 4 is 19.8 Å². The van der Waals surface area contributed by atoms with Crippen molar-refractivity contribution in [2.24, 2.45) is 0 Å². The molecule has 1 unspecified atom stereocenters. The highest BCUT2D eigenvalue weighted by atomic mass is 31.2. The first-order valence-electron chi connectivity index (χ1n) is 20.5. The Labute approximate surface area is 324 Å². The van der Waals surface area contributed by atoms with Gasteiger partial charge in [-0.15, -0.1) is 0 Å². The molecule has 9 nitrogen and oxygen atoms in total. The average molecular weight is 766 g/mol. The minimum Gasteiger partial charge on any atom is -0.756 e. The molecular weight excluding hydrogens is 689 g/mol. The zero-order chi connectivity index (χ0) is 39.3. The van der Waals surface area contributed by atoms with Crippen LogP contribution >= 0.6 is 7.82 Å². The van der Waals surface area contributed by atoms with Gasteiger partial charge in [-0.3, -0.25) is 14.2 Å². The van der Waals surface area contributed by atoms with Crippen molar-refractivity contribution in [3.63, 3.8) is 0 Å². The number of phosphoric ester groups is 1. The SMILES string of the molecule is CCCC/C=C\C/C=C\CCCCCCCC(=O)O[C@H](COC(=O)CCCC/C=C\C/C=C\C/C=C\CCCCC)COP(=O)([O-])OCC[N+](C)(C)C. The third-order valence-electron chi connectivity index (χ3n) is 8.26. The molecule has 2 atom stereocenters. The number of hydrogen-bond acceptors (Lipinski definition) is 8. The summed E-state index contributed by atoms with van der Waals surface area (Å²) >= 11 is 0. The third kappa shape index (κ3) is 39.2. The number of ether oxygens (including phenoxy) is 2. The van der Waals surface area contributed by atoms with Crippen molar-refractivity contribution in [1.82, 2.24) is 0 Å². The van der Waals surface area contributed by atoms with Crippen molar-refractivity contribution in [3.05, 3.63) is 60.8 Å². The first kappa shape index (κ1) is 50.7. The van der Waals surface area contributed by atoms with Gasteiger partial charge in [-0.1, -0.05) is 120 Å². The Hall–Kier alpha value is -2.29. The molecule has 0 spiro atoms. The fraction of sp³-hybridized carbons (Fsp3) is 0.721. The number of phosphoric acid groups is 1. The van der Waals surface area contributed by atoms with Crippen LogP contribution in [0.15, 0.2) is 60.8 Å². The number of quaternary nitrogens is 1. The summed E-state index contributed by atoms with van der Waals surface area (Å²) in [4.78, 5) is 37.4. The maximum Gasteiger partial charge on any atom is 0.306 e. The highest BCUT2D eigenvalue weighted by Gasteiger charge is 2.21. The summed E-state index contributed by atoms with van der Waals surface area (Å²) in [6, 6.07) is 0. The van der Waals surface area contributed by atoms with Gasteiger partial charge in [0.25, 0.3) is 7.82 Å². The average Bonchev–Trinajstić information content (AvgIpc) is 3.10. The molecule has 0 aromatic carbocycles. The zero-order valence-corrected chi connectivity index (χ0v) is 35.1. The number of nitrogens with zero attached hydrogens (tertiary/aromatic N) is 1. The minimum atomic E-state index is -4.64. The molecule has 0 bridgehead atoms. The summed E-state index contributed by atoms with van der Waals surface area (Å²) in [6.07, 6.45) is 41.0. The maximum atomic E-state index is 12.6. The molecule has 0 N–H and O–H groups in total. The summed E-state index contributed by atoms with van der Waals surface area (Å²) in [5.41, 5.74) is 0. The van der Waals surface area contributed by atoms with Gasteiger partial charge in [0.1, 0.15) is 19.8 Å². The second kappa shape index (κ2) is 35.4. The number of carbonyl (C=O) groups excluding carboxylic acids is 2. The lowest BCUT2D eigenvalue weighted by molar-refractivity contribution is -0.870. The van der Waals surface area contributed by atoms with Gasteiger partial charge in [-0.2, -0.15) is 0 Å². The van der Waals surface area contributed by atoms with Gasteiger partial charge < -0.3 is 27.9 Å². The van der Waals surface area contributed by atoms with Gasteiger partial charge in [-0.25, -0.2) is 0 Å². The van der Waals surface area contributed by atoms with Crippen LogP contribution in [0.1, 0.15) is 149 Å². The smallest absolute Gasteiger partial charge is 0.306 e. The number of rotatable bonds is 36. The van der Waals surface area contributed by atoms with Gasteiger partial charge >= 0.3 is 11.9 Å². The first-order valence-corrected chi connectivity index (χ1v) is 22.0. The van der Waals surface area contributed by atoms with Crippen molar-refractivity contribution in [3.8, 4) is 0 Å². The van der Waals surface area contributed by atoms with E-state index in [1.54, 1.807) is 0 Å². The van der Waals surface area contributed by atoms with Crippen LogP contribution in [-0.2, 0) is 32.7 Å². The predicted molar refractivity (Wildman–Crippen MR) is 217 cm³/mol. The summed E-state index contributed by atoms with van der Waals surface area (Å²) in [5, 5.41) is 0. The fourth-order valence-corrected chi connectivity index (χ4v) is 5.70. The van der Waals surface area contributed by atoms with Crippen LogP contribution in [0.25, 0.3) is 0 Å². The summed E-state index contributed by atoms with van der Waals surface area (Å²) in [7, 11) is 1.12. The van der Waals surface area contributed by atoms with Crippen LogP contribution in [-0.4, -0.2) is 70.0 Å². The Balaban J connectivity index is 4.51. The number of likely N-dealkylation sites (N-methyl/N-ethyl adjacent to an activating group) is 1. The topological polar surface area (TPSA) is 111 Å². The van der Waals surface area contributed by atoms with E-state index in [0.717, 1.165) is 77.0 Å². The van der Waals surface area contributed by atoms with Crippen LogP contribution < -0.4 is 4.89 Å². The molecule has 0 aromatic rings. The van der Waals surface area contributed by atoms with E-state index in [1.807, 2.05) is 21.1 Å². The molecule has 0 aromatic heterocycles. The van der Waals surface area contributed by atoms with Crippen LogP contribution in [0.5, 0.6) is 0 Å². The highest BCUT2D eigenvalue weighted by Crippen LogP contribution is 2.38. The van der Waals surface area contributed by atoms with Crippen molar-refractivity contribution < 1.29 is 42.1 Å².